The molecule has 1 aromatic heterocycles. The molecule has 0 aliphatic heterocycles. The van der Waals surface area contributed by atoms with Crippen LogP contribution in [0.3, 0.4) is 0 Å². The van der Waals surface area contributed by atoms with Crippen LogP contribution in [0.15, 0.2) is 48.7 Å². The van der Waals surface area contributed by atoms with Gasteiger partial charge in [0.1, 0.15) is 6.20 Å². The SMILES string of the molecule is O=[N+]([O-])c1ccc(/C=C/c2ccccc2)cn1. The van der Waals surface area contributed by atoms with Crippen molar-refractivity contribution >= 4 is 18.0 Å². The molecule has 0 saturated heterocycles. The van der Waals surface area contributed by atoms with E-state index in [4.69, 9.17) is 0 Å². The summed E-state index contributed by atoms with van der Waals surface area (Å²) in [5.41, 5.74) is 1.91. The first-order valence-electron chi connectivity index (χ1n) is 5.09. The minimum absolute atomic E-state index is 0.137. The number of nitro groups is 1. The van der Waals surface area contributed by atoms with E-state index >= 15 is 0 Å². The molecule has 0 aliphatic rings. The van der Waals surface area contributed by atoms with Crippen molar-refractivity contribution < 1.29 is 4.92 Å². The van der Waals surface area contributed by atoms with Crippen LogP contribution in [0.1, 0.15) is 11.1 Å². The molecule has 0 radical (unpaired) electrons. The molecule has 1 heterocycles. The summed E-state index contributed by atoms with van der Waals surface area (Å²) in [6.07, 6.45) is 5.28. The van der Waals surface area contributed by atoms with E-state index in [-0.39, 0.29) is 5.82 Å². The average Bonchev–Trinajstić information content (AvgIpc) is 2.38. The van der Waals surface area contributed by atoms with E-state index in [2.05, 4.69) is 4.98 Å². The molecular formula is C13H10N2O2. The van der Waals surface area contributed by atoms with Crippen LogP contribution in [0.2, 0.25) is 0 Å². The largest absolute Gasteiger partial charge is 0.363 e. The number of hydrogen-bond acceptors (Lipinski definition) is 3. The summed E-state index contributed by atoms with van der Waals surface area (Å²) in [7, 11) is 0. The molecule has 1 aromatic carbocycles. The highest BCUT2D eigenvalue weighted by Gasteiger charge is 2.04. The molecule has 4 heteroatoms. The van der Waals surface area contributed by atoms with Gasteiger partial charge in [-0.3, -0.25) is 0 Å². The lowest BCUT2D eigenvalue weighted by molar-refractivity contribution is -0.389. The molecule has 17 heavy (non-hydrogen) atoms. The molecule has 0 bridgehead atoms. The first-order chi connectivity index (χ1) is 8.25. The van der Waals surface area contributed by atoms with Gasteiger partial charge in [0, 0.05) is 11.6 Å². The maximum Gasteiger partial charge on any atom is 0.363 e. The second-order valence-corrected chi connectivity index (χ2v) is 3.45. The number of pyridine rings is 1. The summed E-state index contributed by atoms with van der Waals surface area (Å²) in [4.78, 5) is 13.6. The quantitative estimate of drug-likeness (QED) is 0.596. The smallest absolute Gasteiger partial charge is 0.358 e. The van der Waals surface area contributed by atoms with Crippen LogP contribution in [0.4, 0.5) is 5.82 Å². The van der Waals surface area contributed by atoms with Crippen LogP contribution < -0.4 is 0 Å². The highest BCUT2D eigenvalue weighted by molar-refractivity contribution is 5.69. The van der Waals surface area contributed by atoms with Crippen LogP contribution in [-0.4, -0.2) is 9.91 Å². The third kappa shape index (κ3) is 2.98. The zero-order chi connectivity index (χ0) is 12.1. The first kappa shape index (κ1) is 11.0. The fourth-order valence-electron chi connectivity index (χ4n) is 1.36. The third-order valence-electron chi connectivity index (χ3n) is 2.23. The molecule has 2 aromatic rings. The van der Waals surface area contributed by atoms with Crippen molar-refractivity contribution in [1.29, 1.82) is 0 Å². The fraction of sp³-hybridized carbons (Fsp3) is 0. The van der Waals surface area contributed by atoms with E-state index < -0.39 is 4.92 Å². The molecule has 84 valence electrons. The van der Waals surface area contributed by atoms with Crippen molar-refractivity contribution in [3.63, 3.8) is 0 Å². The maximum atomic E-state index is 10.4. The lowest BCUT2D eigenvalue weighted by Gasteiger charge is -1.93. The predicted molar refractivity (Wildman–Crippen MR) is 66.3 cm³/mol. The van der Waals surface area contributed by atoms with Gasteiger partial charge in [-0.1, -0.05) is 42.5 Å². The maximum absolute atomic E-state index is 10.4. The van der Waals surface area contributed by atoms with Gasteiger partial charge in [-0.05, 0) is 21.5 Å². The Kier molecular flexibility index (Phi) is 3.25. The molecule has 0 atom stereocenters. The Labute approximate surface area is 98.4 Å². The summed E-state index contributed by atoms with van der Waals surface area (Å²) in [6.45, 7) is 0. The highest BCUT2D eigenvalue weighted by atomic mass is 16.6. The minimum Gasteiger partial charge on any atom is -0.358 e. The Morgan fingerprint density at radius 1 is 1.00 bits per heavy atom. The Morgan fingerprint density at radius 2 is 1.71 bits per heavy atom. The van der Waals surface area contributed by atoms with E-state index in [1.165, 1.54) is 12.3 Å². The zero-order valence-corrected chi connectivity index (χ0v) is 8.98. The summed E-state index contributed by atoms with van der Waals surface area (Å²) < 4.78 is 0. The van der Waals surface area contributed by atoms with E-state index in [1.54, 1.807) is 6.07 Å². The van der Waals surface area contributed by atoms with Crippen LogP contribution in [0.5, 0.6) is 0 Å². The molecule has 0 saturated carbocycles. The predicted octanol–water partition coefficient (Wildman–Crippen LogP) is 3.16. The van der Waals surface area contributed by atoms with Gasteiger partial charge in [-0.2, -0.15) is 0 Å². The molecule has 0 unspecified atom stereocenters. The van der Waals surface area contributed by atoms with Crippen LogP contribution >= 0.6 is 0 Å². The second kappa shape index (κ2) is 5.03. The van der Waals surface area contributed by atoms with Crippen LogP contribution in [0, 0.1) is 10.1 Å². The van der Waals surface area contributed by atoms with Gasteiger partial charge in [0.25, 0.3) is 0 Å². The Balaban J connectivity index is 2.14. The molecular weight excluding hydrogens is 216 g/mol. The summed E-state index contributed by atoms with van der Waals surface area (Å²) in [6, 6.07) is 12.9. The molecule has 2 rings (SSSR count). The third-order valence-corrected chi connectivity index (χ3v) is 2.23. The van der Waals surface area contributed by atoms with E-state index in [1.807, 2.05) is 42.5 Å². The average molecular weight is 226 g/mol. The second-order valence-electron chi connectivity index (χ2n) is 3.45. The fourth-order valence-corrected chi connectivity index (χ4v) is 1.36. The number of hydrogen-bond donors (Lipinski definition) is 0. The highest BCUT2D eigenvalue weighted by Crippen LogP contribution is 2.10. The summed E-state index contributed by atoms with van der Waals surface area (Å²) in [5, 5.41) is 10.4. The van der Waals surface area contributed by atoms with Crippen LogP contribution in [0.25, 0.3) is 12.2 Å². The first-order valence-corrected chi connectivity index (χ1v) is 5.09. The molecule has 4 nitrogen and oxygen atoms in total. The number of nitrogens with zero attached hydrogens (tertiary/aromatic N) is 2. The van der Waals surface area contributed by atoms with Crippen LogP contribution in [-0.2, 0) is 0 Å². The van der Waals surface area contributed by atoms with Gasteiger partial charge in [-0.25, -0.2) is 0 Å². The number of rotatable bonds is 3. The topological polar surface area (TPSA) is 56.0 Å². The molecule has 0 N–H and O–H groups in total. The van der Waals surface area contributed by atoms with E-state index in [9.17, 15) is 10.1 Å². The standard InChI is InChI=1S/C13H10N2O2/c16-15(17)13-9-8-12(10-14-13)7-6-11-4-2-1-3-5-11/h1-10H/b7-6+. The van der Waals surface area contributed by atoms with E-state index in [0.717, 1.165) is 11.1 Å². The Morgan fingerprint density at radius 3 is 2.29 bits per heavy atom. The lowest BCUT2D eigenvalue weighted by atomic mass is 10.2. The Bertz CT molecular complexity index is 533. The van der Waals surface area contributed by atoms with Gasteiger partial charge in [0.2, 0.25) is 0 Å². The normalized spacial score (nSPS) is 10.6. The molecule has 0 aliphatic carbocycles. The van der Waals surface area contributed by atoms with Crippen molar-refractivity contribution in [1.82, 2.24) is 4.98 Å². The van der Waals surface area contributed by atoms with Crippen molar-refractivity contribution in [2.24, 2.45) is 0 Å². The van der Waals surface area contributed by atoms with Gasteiger partial charge >= 0.3 is 5.82 Å². The van der Waals surface area contributed by atoms with Gasteiger partial charge in [0.05, 0.1) is 0 Å². The van der Waals surface area contributed by atoms with Crippen molar-refractivity contribution in [2.75, 3.05) is 0 Å². The van der Waals surface area contributed by atoms with Gasteiger partial charge in [0.15, 0.2) is 0 Å². The van der Waals surface area contributed by atoms with Gasteiger partial charge in [-0.15, -0.1) is 0 Å². The van der Waals surface area contributed by atoms with Crippen molar-refractivity contribution in [3.8, 4) is 0 Å². The molecule has 0 amide bonds. The molecule has 0 spiro atoms. The lowest BCUT2D eigenvalue weighted by Crippen LogP contribution is -1.90. The zero-order valence-electron chi connectivity index (χ0n) is 8.98. The van der Waals surface area contributed by atoms with Gasteiger partial charge < -0.3 is 10.1 Å². The monoisotopic (exact) mass is 226 g/mol. The number of aromatic nitrogens is 1. The Hall–Kier alpha value is -2.49. The summed E-state index contributed by atoms with van der Waals surface area (Å²) >= 11 is 0. The van der Waals surface area contributed by atoms with Crippen molar-refractivity contribution in [3.05, 3.63) is 69.9 Å². The van der Waals surface area contributed by atoms with E-state index in [0.29, 0.717) is 0 Å². The minimum atomic E-state index is -0.509. The molecule has 0 fully saturated rings. The van der Waals surface area contributed by atoms with Crippen molar-refractivity contribution in [2.45, 2.75) is 0 Å². The number of benzene rings is 1. The summed E-state index contributed by atoms with van der Waals surface area (Å²) in [5.74, 6) is -0.137.